The molecule has 94 valence electrons. The summed E-state index contributed by atoms with van der Waals surface area (Å²) in [6.07, 6.45) is 2.58. The van der Waals surface area contributed by atoms with Crippen LogP contribution in [-0.4, -0.2) is 19.7 Å². The van der Waals surface area contributed by atoms with Crippen molar-refractivity contribution < 1.29 is 4.74 Å². The normalized spacial score (nSPS) is 24.8. The molecule has 0 bridgehead atoms. The Balaban J connectivity index is 2.26. The zero-order chi connectivity index (χ0) is 12.4. The predicted octanol–water partition coefficient (Wildman–Crippen LogP) is 2.90. The van der Waals surface area contributed by atoms with Crippen molar-refractivity contribution in [2.24, 2.45) is 5.92 Å². The lowest BCUT2D eigenvalue weighted by Gasteiger charge is -2.38. The molecule has 3 nitrogen and oxygen atoms in total. The second-order valence-electron chi connectivity index (χ2n) is 5.11. The molecule has 0 aromatic heterocycles. The van der Waals surface area contributed by atoms with Gasteiger partial charge in [-0.3, -0.25) is 0 Å². The fourth-order valence-corrected chi connectivity index (χ4v) is 2.53. The van der Waals surface area contributed by atoms with Crippen LogP contribution in [0.4, 0.5) is 11.4 Å². The van der Waals surface area contributed by atoms with Crippen LogP contribution in [0.25, 0.3) is 0 Å². The number of nitrogen functional groups attached to an aromatic ring is 1. The molecule has 1 heterocycles. The minimum Gasteiger partial charge on any atom is -0.495 e. The number of nitrogens with two attached hydrogens (primary N) is 1. The molecule has 2 rings (SSSR count). The van der Waals surface area contributed by atoms with E-state index in [1.54, 1.807) is 7.11 Å². The molecule has 1 fully saturated rings. The van der Waals surface area contributed by atoms with Crippen LogP contribution in [0.15, 0.2) is 18.2 Å². The SMILES string of the molecule is COc1cc(N2CC(C)CCC2C)ccc1N. The van der Waals surface area contributed by atoms with Crippen molar-refractivity contribution in [3.05, 3.63) is 18.2 Å². The van der Waals surface area contributed by atoms with Crippen LogP contribution < -0.4 is 15.4 Å². The van der Waals surface area contributed by atoms with E-state index in [0.29, 0.717) is 11.7 Å². The van der Waals surface area contributed by atoms with Crippen molar-refractivity contribution in [3.8, 4) is 5.75 Å². The molecule has 17 heavy (non-hydrogen) atoms. The van der Waals surface area contributed by atoms with Crippen LogP contribution in [0.2, 0.25) is 0 Å². The second-order valence-corrected chi connectivity index (χ2v) is 5.11. The maximum absolute atomic E-state index is 5.85. The molecule has 1 aliphatic rings. The van der Waals surface area contributed by atoms with E-state index in [2.05, 4.69) is 24.8 Å². The van der Waals surface area contributed by atoms with Crippen molar-refractivity contribution in [2.45, 2.75) is 32.7 Å². The maximum Gasteiger partial charge on any atom is 0.143 e. The lowest BCUT2D eigenvalue weighted by Crippen LogP contribution is -2.41. The van der Waals surface area contributed by atoms with E-state index >= 15 is 0 Å². The first-order valence-corrected chi connectivity index (χ1v) is 6.32. The van der Waals surface area contributed by atoms with Crippen LogP contribution >= 0.6 is 0 Å². The van der Waals surface area contributed by atoms with Crippen LogP contribution in [0.1, 0.15) is 26.7 Å². The summed E-state index contributed by atoms with van der Waals surface area (Å²) in [5.41, 5.74) is 7.77. The fourth-order valence-electron chi connectivity index (χ4n) is 2.53. The Morgan fingerprint density at radius 3 is 2.76 bits per heavy atom. The zero-order valence-electron chi connectivity index (χ0n) is 10.9. The van der Waals surface area contributed by atoms with Crippen LogP contribution in [0.3, 0.4) is 0 Å². The molecule has 1 aliphatic heterocycles. The van der Waals surface area contributed by atoms with Gasteiger partial charge in [0.25, 0.3) is 0 Å². The number of hydrogen-bond acceptors (Lipinski definition) is 3. The summed E-state index contributed by atoms with van der Waals surface area (Å²) in [7, 11) is 1.66. The van der Waals surface area contributed by atoms with Crippen molar-refractivity contribution in [3.63, 3.8) is 0 Å². The minimum atomic E-state index is 0.597. The third-order valence-corrected chi connectivity index (χ3v) is 3.67. The maximum atomic E-state index is 5.85. The number of methoxy groups -OCH3 is 1. The van der Waals surface area contributed by atoms with Gasteiger partial charge < -0.3 is 15.4 Å². The van der Waals surface area contributed by atoms with E-state index in [4.69, 9.17) is 10.5 Å². The molecule has 1 aromatic carbocycles. The summed E-state index contributed by atoms with van der Waals surface area (Å²) >= 11 is 0. The quantitative estimate of drug-likeness (QED) is 0.800. The monoisotopic (exact) mass is 234 g/mol. The number of benzene rings is 1. The Labute approximate surface area is 104 Å². The van der Waals surface area contributed by atoms with E-state index < -0.39 is 0 Å². The van der Waals surface area contributed by atoms with Gasteiger partial charge in [-0.25, -0.2) is 0 Å². The summed E-state index contributed by atoms with van der Waals surface area (Å²) in [5, 5.41) is 0. The summed E-state index contributed by atoms with van der Waals surface area (Å²) in [4.78, 5) is 2.45. The van der Waals surface area contributed by atoms with Gasteiger partial charge in [0.15, 0.2) is 0 Å². The Kier molecular flexibility index (Phi) is 3.46. The lowest BCUT2D eigenvalue weighted by atomic mass is 9.94. The smallest absolute Gasteiger partial charge is 0.143 e. The van der Waals surface area contributed by atoms with Crippen molar-refractivity contribution in [2.75, 3.05) is 24.3 Å². The van der Waals surface area contributed by atoms with E-state index in [0.717, 1.165) is 18.2 Å². The van der Waals surface area contributed by atoms with E-state index in [1.807, 2.05) is 12.1 Å². The van der Waals surface area contributed by atoms with Crippen LogP contribution in [-0.2, 0) is 0 Å². The number of ether oxygens (including phenoxy) is 1. The molecule has 2 atom stereocenters. The van der Waals surface area contributed by atoms with Gasteiger partial charge in [-0.2, -0.15) is 0 Å². The molecule has 0 radical (unpaired) electrons. The Bertz CT molecular complexity index is 392. The topological polar surface area (TPSA) is 38.5 Å². The average Bonchev–Trinajstić information content (AvgIpc) is 2.33. The van der Waals surface area contributed by atoms with Gasteiger partial charge in [0.05, 0.1) is 12.8 Å². The first-order valence-electron chi connectivity index (χ1n) is 6.32. The Morgan fingerprint density at radius 1 is 1.29 bits per heavy atom. The molecule has 2 unspecified atom stereocenters. The standard InChI is InChI=1S/C14H22N2O/c1-10-4-5-11(2)16(9-10)12-6-7-13(15)14(8-12)17-3/h6-8,10-11H,4-5,9,15H2,1-3H3. The van der Waals surface area contributed by atoms with Gasteiger partial charge >= 0.3 is 0 Å². The third-order valence-electron chi connectivity index (χ3n) is 3.67. The number of piperidine rings is 1. The third kappa shape index (κ3) is 2.48. The number of hydrogen-bond donors (Lipinski definition) is 1. The van der Waals surface area contributed by atoms with Crippen LogP contribution in [0.5, 0.6) is 5.75 Å². The number of nitrogens with zero attached hydrogens (tertiary/aromatic N) is 1. The van der Waals surface area contributed by atoms with Crippen molar-refractivity contribution in [1.29, 1.82) is 0 Å². The zero-order valence-corrected chi connectivity index (χ0v) is 10.9. The fraction of sp³-hybridized carbons (Fsp3) is 0.571. The highest BCUT2D eigenvalue weighted by Gasteiger charge is 2.23. The summed E-state index contributed by atoms with van der Waals surface area (Å²) < 4.78 is 5.29. The number of rotatable bonds is 2. The molecule has 1 saturated heterocycles. The van der Waals surface area contributed by atoms with Crippen molar-refractivity contribution in [1.82, 2.24) is 0 Å². The van der Waals surface area contributed by atoms with Gasteiger partial charge in [0, 0.05) is 24.3 Å². The Morgan fingerprint density at radius 2 is 2.06 bits per heavy atom. The highest BCUT2D eigenvalue weighted by atomic mass is 16.5. The minimum absolute atomic E-state index is 0.597. The predicted molar refractivity (Wildman–Crippen MR) is 72.6 cm³/mol. The van der Waals surface area contributed by atoms with Gasteiger partial charge in [-0.05, 0) is 37.8 Å². The summed E-state index contributed by atoms with van der Waals surface area (Å²) in [6, 6.07) is 6.66. The molecule has 3 heteroatoms. The van der Waals surface area contributed by atoms with Crippen LogP contribution in [0, 0.1) is 5.92 Å². The Hall–Kier alpha value is -1.38. The highest BCUT2D eigenvalue weighted by Crippen LogP contribution is 2.32. The molecule has 2 N–H and O–H groups in total. The largest absolute Gasteiger partial charge is 0.495 e. The summed E-state index contributed by atoms with van der Waals surface area (Å²) in [5.74, 6) is 1.53. The van der Waals surface area contributed by atoms with Gasteiger partial charge in [0.2, 0.25) is 0 Å². The number of anilines is 2. The molecular weight excluding hydrogens is 212 g/mol. The molecule has 1 aromatic rings. The van der Waals surface area contributed by atoms with Gasteiger partial charge in [-0.15, -0.1) is 0 Å². The average molecular weight is 234 g/mol. The van der Waals surface area contributed by atoms with Gasteiger partial charge in [0.1, 0.15) is 5.75 Å². The van der Waals surface area contributed by atoms with E-state index in [9.17, 15) is 0 Å². The van der Waals surface area contributed by atoms with E-state index in [-0.39, 0.29) is 0 Å². The first kappa shape index (κ1) is 12.1. The lowest BCUT2D eigenvalue weighted by molar-refractivity contribution is 0.388. The second kappa shape index (κ2) is 4.86. The molecule has 0 spiro atoms. The van der Waals surface area contributed by atoms with Gasteiger partial charge in [-0.1, -0.05) is 6.92 Å². The van der Waals surface area contributed by atoms with E-state index in [1.165, 1.54) is 18.5 Å². The molecular formula is C14H22N2O. The molecule has 0 saturated carbocycles. The first-order chi connectivity index (χ1) is 8.11. The molecule has 0 aliphatic carbocycles. The highest BCUT2D eigenvalue weighted by molar-refractivity contribution is 5.62. The summed E-state index contributed by atoms with van der Waals surface area (Å²) in [6.45, 7) is 5.72. The van der Waals surface area contributed by atoms with Crippen molar-refractivity contribution >= 4 is 11.4 Å². The molecule has 0 amide bonds.